The van der Waals surface area contributed by atoms with Crippen LogP contribution in [0.3, 0.4) is 0 Å². The summed E-state index contributed by atoms with van der Waals surface area (Å²) in [6.07, 6.45) is 1.61. The minimum Gasteiger partial charge on any atom is -0.385 e. The van der Waals surface area contributed by atoms with Crippen LogP contribution in [0.2, 0.25) is 0 Å². The minimum atomic E-state index is -0.414. The van der Waals surface area contributed by atoms with Gasteiger partial charge in [0.15, 0.2) is 0 Å². The Morgan fingerprint density at radius 3 is 2.33 bits per heavy atom. The summed E-state index contributed by atoms with van der Waals surface area (Å²) in [5.41, 5.74) is 0. The van der Waals surface area contributed by atoms with Gasteiger partial charge in [-0.15, -0.1) is 0 Å². The molecule has 0 aromatic rings. The van der Waals surface area contributed by atoms with Gasteiger partial charge in [0.2, 0.25) is 11.8 Å². The van der Waals surface area contributed by atoms with E-state index in [4.69, 9.17) is 4.74 Å². The largest absolute Gasteiger partial charge is 0.385 e. The smallest absolute Gasteiger partial charge is 0.246 e. The van der Waals surface area contributed by atoms with Crippen molar-refractivity contribution in [2.24, 2.45) is 11.8 Å². The van der Waals surface area contributed by atoms with Crippen LogP contribution in [0.4, 0.5) is 0 Å². The second-order valence-corrected chi connectivity index (χ2v) is 6.44. The summed E-state index contributed by atoms with van der Waals surface area (Å²) in [6.45, 7) is 10.6. The van der Waals surface area contributed by atoms with Gasteiger partial charge in [0.05, 0.1) is 0 Å². The maximum Gasteiger partial charge on any atom is 0.246 e. The van der Waals surface area contributed by atoms with Gasteiger partial charge in [0.1, 0.15) is 12.1 Å². The van der Waals surface area contributed by atoms with Crippen molar-refractivity contribution in [3.05, 3.63) is 0 Å². The first-order valence-corrected chi connectivity index (χ1v) is 7.96. The summed E-state index contributed by atoms with van der Waals surface area (Å²) in [5, 5.41) is 2.91. The van der Waals surface area contributed by atoms with Gasteiger partial charge in [-0.25, -0.2) is 0 Å². The zero-order valence-electron chi connectivity index (χ0n) is 14.2. The van der Waals surface area contributed by atoms with Crippen LogP contribution in [0.5, 0.6) is 0 Å². The fourth-order valence-electron chi connectivity index (χ4n) is 2.85. The lowest BCUT2D eigenvalue weighted by Crippen LogP contribution is -2.68. The fraction of sp³-hybridized carbons (Fsp3) is 0.875. The number of carbonyl (C=O) groups excluding carboxylic acids is 2. The third-order valence-electron chi connectivity index (χ3n) is 4.45. The Morgan fingerprint density at radius 1 is 1.24 bits per heavy atom. The van der Waals surface area contributed by atoms with Crippen LogP contribution in [0, 0.1) is 11.8 Å². The first-order valence-electron chi connectivity index (χ1n) is 7.96. The van der Waals surface area contributed by atoms with E-state index in [0.717, 1.165) is 12.8 Å². The molecule has 0 radical (unpaired) electrons. The van der Waals surface area contributed by atoms with Crippen LogP contribution in [0.1, 0.15) is 47.5 Å². The molecule has 0 bridgehead atoms. The molecule has 1 saturated heterocycles. The Bertz CT molecular complexity index is 371. The summed E-state index contributed by atoms with van der Waals surface area (Å²) < 4.78 is 5.12. The highest BCUT2D eigenvalue weighted by atomic mass is 16.5. The van der Waals surface area contributed by atoms with Gasteiger partial charge in [-0.2, -0.15) is 0 Å². The second-order valence-electron chi connectivity index (χ2n) is 6.44. The molecule has 4 atom stereocenters. The van der Waals surface area contributed by atoms with Crippen LogP contribution in [-0.4, -0.2) is 48.6 Å². The van der Waals surface area contributed by atoms with E-state index in [-0.39, 0.29) is 35.7 Å². The molecule has 21 heavy (non-hydrogen) atoms. The molecule has 4 unspecified atom stereocenters. The molecule has 1 aliphatic heterocycles. The van der Waals surface area contributed by atoms with E-state index >= 15 is 0 Å². The van der Waals surface area contributed by atoms with Crippen molar-refractivity contribution in [3.63, 3.8) is 0 Å². The highest BCUT2D eigenvalue weighted by molar-refractivity contribution is 5.97. The Labute approximate surface area is 128 Å². The molecule has 1 aliphatic rings. The first kappa shape index (κ1) is 18.0. The number of hydrogen-bond donors (Lipinski definition) is 1. The summed E-state index contributed by atoms with van der Waals surface area (Å²) in [7, 11) is 1.65. The molecule has 0 aromatic heterocycles. The van der Waals surface area contributed by atoms with Crippen molar-refractivity contribution >= 4 is 11.8 Å². The van der Waals surface area contributed by atoms with Gasteiger partial charge in [-0.1, -0.05) is 34.1 Å². The molecular formula is C16H30N2O3. The normalized spacial score (nSPS) is 26.0. The molecule has 0 spiro atoms. The number of amides is 2. The van der Waals surface area contributed by atoms with E-state index in [2.05, 4.69) is 12.2 Å². The monoisotopic (exact) mass is 298 g/mol. The molecule has 1 N–H and O–H groups in total. The summed E-state index contributed by atoms with van der Waals surface area (Å²) in [5.74, 6) is 0.258. The summed E-state index contributed by atoms with van der Waals surface area (Å²) >= 11 is 0. The quantitative estimate of drug-likeness (QED) is 0.780. The van der Waals surface area contributed by atoms with E-state index in [1.807, 2.05) is 27.7 Å². The van der Waals surface area contributed by atoms with E-state index < -0.39 is 6.04 Å². The predicted molar refractivity (Wildman–Crippen MR) is 82.8 cm³/mol. The molecule has 5 heteroatoms. The molecular weight excluding hydrogens is 268 g/mol. The Balaban J connectivity index is 3.05. The number of ether oxygens (including phenoxy) is 1. The standard InChI is InChI=1S/C16H30N2O3/c1-7-11(4)14-15(19)17-13(10(2)3)16(20)18(14)12(5)8-9-21-6/h10-14H,7-9H2,1-6H3,(H,17,19). The molecule has 1 fully saturated rings. The molecule has 0 saturated carbocycles. The van der Waals surface area contributed by atoms with E-state index in [1.165, 1.54) is 0 Å². The second kappa shape index (κ2) is 7.78. The van der Waals surface area contributed by atoms with E-state index in [1.54, 1.807) is 12.0 Å². The van der Waals surface area contributed by atoms with Crippen LogP contribution in [0.15, 0.2) is 0 Å². The van der Waals surface area contributed by atoms with Crippen molar-refractivity contribution in [3.8, 4) is 0 Å². The van der Waals surface area contributed by atoms with Gasteiger partial charge < -0.3 is 15.0 Å². The van der Waals surface area contributed by atoms with Crippen LogP contribution < -0.4 is 5.32 Å². The molecule has 1 heterocycles. The number of hydrogen-bond acceptors (Lipinski definition) is 3. The molecule has 2 amide bonds. The zero-order valence-corrected chi connectivity index (χ0v) is 14.2. The molecule has 5 nitrogen and oxygen atoms in total. The van der Waals surface area contributed by atoms with Crippen LogP contribution in [0.25, 0.3) is 0 Å². The molecule has 1 rings (SSSR count). The van der Waals surface area contributed by atoms with Crippen molar-refractivity contribution in [2.75, 3.05) is 13.7 Å². The molecule has 0 aromatic carbocycles. The zero-order chi connectivity index (χ0) is 16.2. The number of piperazine rings is 1. The van der Waals surface area contributed by atoms with Gasteiger partial charge in [-0.3, -0.25) is 9.59 Å². The average molecular weight is 298 g/mol. The predicted octanol–water partition coefficient (Wildman–Crippen LogP) is 1.81. The van der Waals surface area contributed by atoms with Crippen molar-refractivity contribution in [1.82, 2.24) is 10.2 Å². The third-order valence-corrected chi connectivity index (χ3v) is 4.45. The SMILES string of the molecule is CCC(C)C1C(=O)NC(C(C)C)C(=O)N1C(C)CCOC. The highest BCUT2D eigenvalue weighted by Crippen LogP contribution is 2.25. The highest BCUT2D eigenvalue weighted by Gasteiger charge is 2.45. The van der Waals surface area contributed by atoms with Crippen molar-refractivity contribution in [1.29, 1.82) is 0 Å². The fourth-order valence-corrected chi connectivity index (χ4v) is 2.85. The van der Waals surface area contributed by atoms with E-state index in [0.29, 0.717) is 6.61 Å². The third kappa shape index (κ3) is 3.96. The minimum absolute atomic E-state index is 0.00347. The maximum absolute atomic E-state index is 12.8. The molecule has 122 valence electrons. The number of nitrogens with one attached hydrogen (secondary N) is 1. The topological polar surface area (TPSA) is 58.6 Å². The van der Waals surface area contributed by atoms with Crippen molar-refractivity contribution < 1.29 is 14.3 Å². The van der Waals surface area contributed by atoms with Gasteiger partial charge >= 0.3 is 0 Å². The van der Waals surface area contributed by atoms with Crippen LogP contribution in [-0.2, 0) is 14.3 Å². The lowest BCUT2D eigenvalue weighted by Gasteiger charge is -2.45. The van der Waals surface area contributed by atoms with Crippen LogP contribution >= 0.6 is 0 Å². The summed E-state index contributed by atoms with van der Waals surface area (Å²) in [4.78, 5) is 27.1. The number of methoxy groups -OCH3 is 1. The number of rotatable bonds is 7. The van der Waals surface area contributed by atoms with Gasteiger partial charge in [0.25, 0.3) is 0 Å². The lowest BCUT2D eigenvalue weighted by molar-refractivity contribution is -0.155. The number of carbonyl (C=O) groups is 2. The van der Waals surface area contributed by atoms with Gasteiger partial charge in [-0.05, 0) is 25.2 Å². The average Bonchev–Trinajstić information content (AvgIpc) is 2.45. The number of nitrogens with zero attached hydrogens (tertiary/aromatic N) is 1. The molecule has 0 aliphatic carbocycles. The Hall–Kier alpha value is -1.10. The summed E-state index contributed by atoms with van der Waals surface area (Å²) in [6, 6.07) is -0.782. The maximum atomic E-state index is 12.8. The first-order chi connectivity index (χ1) is 9.84. The Morgan fingerprint density at radius 2 is 1.86 bits per heavy atom. The lowest BCUT2D eigenvalue weighted by atomic mass is 9.89. The Kier molecular flexibility index (Phi) is 6.65. The van der Waals surface area contributed by atoms with Gasteiger partial charge in [0, 0.05) is 19.8 Å². The van der Waals surface area contributed by atoms with Crippen molar-refractivity contribution in [2.45, 2.75) is 65.6 Å². The van der Waals surface area contributed by atoms with E-state index in [9.17, 15) is 9.59 Å².